The van der Waals surface area contributed by atoms with Gasteiger partial charge >= 0.3 is 0 Å². The Kier molecular flexibility index (Phi) is 3.63. The number of anilines is 1. The normalized spacial score (nSPS) is 22.7. The van der Waals surface area contributed by atoms with Crippen molar-refractivity contribution in [3.8, 4) is 0 Å². The molecule has 1 aliphatic rings. The van der Waals surface area contributed by atoms with E-state index in [0.717, 1.165) is 37.0 Å². The van der Waals surface area contributed by atoms with Crippen LogP contribution in [0, 0.1) is 5.92 Å². The summed E-state index contributed by atoms with van der Waals surface area (Å²) in [6.45, 7) is 3.77. The van der Waals surface area contributed by atoms with Crippen LogP contribution in [0.25, 0.3) is 11.0 Å². The smallest absolute Gasteiger partial charge is 0.135 e. The summed E-state index contributed by atoms with van der Waals surface area (Å²) in [5.41, 5.74) is 8.38. The summed E-state index contributed by atoms with van der Waals surface area (Å²) in [6.07, 6.45) is 2.41. The summed E-state index contributed by atoms with van der Waals surface area (Å²) in [5.74, 6) is 1.19. The molecule has 1 aliphatic heterocycles. The summed E-state index contributed by atoms with van der Waals surface area (Å²) in [7, 11) is 0. The molecule has 1 fully saturated rings. The summed E-state index contributed by atoms with van der Waals surface area (Å²) >= 11 is 0. The van der Waals surface area contributed by atoms with Crippen molar-refractivity contribution in [1.29, 1.82) is 0 Å². The van der Waals surface area contributed by atoms with Crippen LogP contribution in [-0.2, 0) is 17.9 Å². The molecule has 1 aromatic heterocycles. The molecule has 1 aromatic carbocycles. The molecule has 2 heterocycles. The first kappa shape index (κ1) is 13.4. The van der Waals surface area contributed by atoms with Gasteiger partial charge < -0.3 is 20.1 Å². The summed E-state index contributed by atoms with van der Waals surface area (Å²) in [4.78, 5) is 4.48. The summed E-state index contributed by atoms with van der Waals surface area (Å²) in [5, 5.41) is 9.54. The van der Waals surface area contributed by atoms with E-state index < -0.39 is 0 Å². The fraction of sp³-hybridized carbons (Fsp3) is 0.533. The van der Waals surface area contributed by atoms with E-state index in [1.165, 1.54) is 0 Å². The average molecular weight is 275 g/mol. The minimum atomic E-state index is -0.0566. The van der Waals surface area contributed by atoms with Crippen LogP contribution >= 0.6 is 0 Å². The lowest BCUT2D eigenvalue weighted by Gasteiger charge is -2.19. The van der Waals surface area contributed by atoms with Gasteiger partial charge in [0, 0.05) is 24.8 Å². The van der Waals surface area contributed by atoms with Crippen molar-refractivity contribution in [3.05, 3.63) is 24.0 Å². The molecule has 0 amide bonds. The molecule has 2 atom stereocenters. The molecule has 2 unspecified atom stereocenters. The number of aliphatic hydroxyl groups excluding tert-OH is 1. The molecule has 3 N–H and O–H groups in total. The summed E-state index contributed by atoms with van der Waals surface area (Å²) in [6, 6.07) is 5.71. The lowest BCUT2D eigenvalue weighted by atomic mass is 9.99. The Bertz CT molecular complexity index is 608. The first-order valence-corrected chi connectivity index (χ1v) is 7.20. The van der Waals surface area contributed by atoms with Crippen LogP contribution in [-0.4, -0.2) is 27.4 Å². The third kappa shape index (κ3) is 2.27. The zero-order valence-corrected chi connectivity index (χ0v) is 11.7. The van der Waals surface area contributed by atoms with E-state index in [-0.39, 0.29) is 6.61 Å². The molecule has 5 heteroatoms. The molecule has 3 rings (SSSR count). The highest BCUT2D eigenvalue weighted by atomic mass is 16.5. The highest BCUT2D eigenvalue weighted by Gasteiger charge is 2.28. The monoisotopic (exact) mass is 275 g/mol. The van der Waals surface area contributed by atoms with Gasteiger partial charge in [-0.15, -0.1) is 0 Å². The molecule has 0 saturated carbocycles. The minimum Gasteiger partial charge on any atom is -0.399 e. The number of nitrogen functional groups attached to an aromatic ring is 1. The van der Waals surface area contributed by atoms with Gasteiger partial charge in [-0.05, 0) is 31.0 Å². The molecule has 5 nitrogen and oxygen atoms in total. The Morgan fingerprint density at radius 1 is 1.50 bits per heavy atom. The minimum absolute atomic E-state index is 0.0566. The number of benzene rings is 1. The van der Waals surface area contributed by atoms with Gasteiger partial charge in [0.05, 0.1) is 17.1 Å². The maximum Gasteiger partial charge on any atom is 0.135 e. The van der Waals surface area contributed by atoms with Crippen molar-refractivity contribution in [3.63, 3.8) is 0 Å². The molecule has 0 bridgehead atoms. The third-order valence-electron chi connectivity index (χ3n) is 4.16. The van der Waals surface area contributed by atoms with Crippen LogP contribution in [0.3, 0.4) is 0 Å². The van der Waals surface area contributed by atoms with E-state index in [2.05, 4.69) is 16.5 Å². The van der Waals surface area contributed by atoms with E-state index in [1.54, 1.807) is 0 Å². The van der Waals surface area contributed by atoms with E-state index in [4.69, 9.17) is 10.5 Å². The molecule has 0 spiro atoms. The third-order valence-corrected chi connectivity index (χ3v) is 4.16. The predicted octanol–water partition coefficient (Wildman–Crippen LogP) is 1.93. The highest BCUT2D eigenvalue weighted by Crippen LogP contribution is 2.28. The Morgan fingerprint density at radius 2 is 2.35 bits per heavy atom. The zero-order valence-electron chi connectivity index (χ0n) is 11.7. The highest BCUT2D eigenvalue weighted by molar-refractivity contribution is 5.79. The van der Waals surface area contributed by atoms with Crippen LogP contribution in [0.15, 0.2) is 18.2 Å². The van der Waals surface area contributed by atoms with Gasteiger partial charge in [-0.2, -0.15) is 0 Å². The van der Waals surface area contributed by atoms with Gasteiger partial charge in [-0.3, -0.25) is 0 Å². The van der Waals surface area contributed by atoms with Crippen LogP contribution in [0.5, 0.6) is 0 Å². The first-order chi connectivity index (χ1) is 9.72. The number of rotatable bonds is 4. The van der Waals surface area contributed by atoms with Crippen molar-refractivity contribution in [1.82, 2.24) is 9.55 Å². The number of hydrogen-bond acceptors (Lipinski definition) is 4. The second-order valence-corrected chi connectivity index (χ2v) is 5.41. The van der Waals surface area contributed by atoms with Gasteiger partial charge in [-0.1, -0.05) is 6.92 Å². The van der Waals surface area contributed by atoms with Gasteiger partial charge in [0.15, 0.2) is 0 Å². The molecule has 1 saturated heterocycles. The van der Waals surface area contributed by atoms with Crippen LogP contribution in [0.2, 0.25) is 0 Å². The summed E-state index contributed by atoms with van der Waals surface area (Å²) < 4.78 is 7.86. The Labute approximate surface area is 118 Å². The van der Waals surface area contributed by atoms with Crippen molar-refractivity contribution in [2.75, 3.05) is 12.3 Å². The van der Waals surface area contributed by atoms with Crippen LogP contribution < -0.4 is 5.73 Å². The molecular formula is C15H21N3O2. The fourth-order valence-electron chi connectivity index (χ4n) is 3.11. The fourth-order valence-corrected chi connectivity index (χ4v) is 3.11. The maximum absolute atomic E-state index is 9.54. The maximum atomic E-state index is 9.54. The number of fused-ring (bicyclic) bond motifs is 1. The van der Waals surface area contributed by atoms with Gasteiger partial charge in [0.2, 0.25) is 0 Å². The van der Waals surface area contributed by atoms with Crippen LogP contribution in [0.1, 0.15) is 25.6 Å². The molecular weight excluding hydrogens is 254 g/mol. The van der Waals surface area contributed by atoms with Crippen molar-refractivity contribution in [2.24, 2.45) is 5.92 Å². The number of aliphatic hydroxyl groups is 1. The molecule has 20 heavy (non-hydrogen) atoms. The number of nitrogens with two attached hydrogens (primary N) is 1. The van der Waals surface area contributed by atoms with E-state index in [9.17, 15) is 5.11 Å². The van der Waals surface area contributed by atoms with E-state index >= 15 is 0 Å². The lowest BCUT2D eigenvalue weighted by Crippen LogP contribution is -2.21. The number of aromatic nitrogens is 2. The van der Waals surface area contributed by atoms with Gasteiger partial charge in [-0.25, -0.2) is 4.98 Å². The first-order valence-electron chi connectivity index (χ1n) is 7.20. The molecule has 2 aromatic rings. The predicted molar refractivity (Wildman–Crippen MR) is 78.2 cm³/mol. The van der Waals surface area contributed by atoms with Gasteiger partial charge in [0.25, 0.3) is 0 Å². The van der Waals surface area contributed by atoms with E-state index in [1.807, 2.05) is 18.2 Å². The SMILES string of the molecule is CCC1OCCC1Cn1c(CO)nc2cc(N)ccc21. The quantitative estimate of drug-likeness (QED) is 0.836. The molecule has 0 radical (unpaired) electrons. The standard InChI is InChI=1S/C15H21N3O2/c1-2-14-10(5-6-20-14)8-18-13-4-3-11(16)7-12(13)17-15(18)9-19/h3-4,7,10,14,19H,2,5-6,8-9,16H2,1H3. The Morgan fingerprint density at radius 3 is 3.10 bits per heavy atom. The average Bonchev–Trinajstić information content (AvgIpc) is 3.03. The number of ether oxygens (including phenoxy) is 1. The number of hydrogen-bond donors (Lipinski definition) is 2. The Hall–Kier alpha value is -1.59. The van der Waals surface area contributed by atoms with E-state index in [0.29, 0.717) is 23.5 Å². The second kappa shape index (κ2) is 5.42. The van der Waals surface area contributed by atoms with Gasteiger partial charge in [0.1, 0.15) is 12.4 Å². The number of imidazole rings is 1. The van der Waals surface area contributed by atoms with Crippen molar-refractivity contribution in [2.45, 2.75) is 39.0 Å². The topological polar surface area (TPSA) is 73.3 Å². The van der Waals surface area contributed by atoms with Crippen molar-refractivity contribution < 1.29 is 9.84 Å². The van der Waals surface area contributed by atoms with Crippen molar-refractivity contribution >= 4 is 16.7 Å². The molecule has 108 valence electrons. The zero-order chi connectivity index (χ0) is 14.1. The second-order valence-electron chi connectivity index (χ2n) is 5.41. The largest absolute Gasteiger partial charge is 0.399 e. The number of nitrogens with zero attached hydrogens (tertiary/aromatic N) is 2. The van der Waals surface area contributed by atoms with Crippen LogP contribution in [0.4, 0.5) is 5.69 Å². The molecule has 0 aliphatic carbocycles. The lowest BCUT2D eigenvalue weighted by molar-refractivity contribution is 0.0832. The Balaban J connectivity index is 1.97.